The van der Waals surface area contributed by atoms with Gasteiger partial charge in [-0.05, 0) is 55.7 Å². The minimum atomic E-state index is 0.666. The van der Waals surface area contributed by atoms with Crippen molar-refractivity contribution in [2.75, 3.05) is 19.4 Å². The van der Waals surface area contributed by atoms with Gasteiger partial charge in [0.1, 0.15) is 5.75 Å². The number of benzene rings is 1. The van der Waals surface area contributed by atoms with Gasteiger partial charge in [0, 0.05) is 11.3 Å². The Labute approximate surface area is 121 Å². The van der Waals surface area contributed by atoms with Crippen LogP contribution in [-0.4, -0.2) is 30.7 Å². The Morgan fingerprint density at radius 3 is 2.74 bits per heavy atom. The molecule has 1 heterocycles. The summed E-state index contributed by atoms with van der Waals surface area (Å²) in [5, 5.41) is 4.49. The van der Waals surface area contributed by atoms with E-state index in [0.717, 1.165) is 24.0 Å². The van der Waals surface area contributed by atoms with Gasteiger partial charge in [0.15, 0.2) is 0 Å². The van der Waals surface area contributed by atoms with Crippen LogP contribution in [0.3, 0.4) is 0 Å². The smallest absolute Gasteiger partial charge is 0.118 e. The van der Waals surface area contributed by atoms with Gasteiger partial charge in [0.05, 0.1) is 7.11 Å². The summed E-state index contributed by atoms with van der Waals surface area (Å²) in [6, 6.07) is 9.15. The topological polar surface area (TPSA) is 21.3 Å². The molecule has 2 atom stereocenters. The highest BCUT2D eigenvalue weighted by Crippen LogP contribution is 2.30. The molecule has 1 fully saturated rings. The Hall–Kier alpha value is -0.670. The Balaban J connectivity index is 1.86. The number of aryl methyl sites for hydroxylation is 1. The highest BCUT2D eigenvalue weighted by Gasteiger charge is 2.24. The summed E-state index contributed by atoms with van der Waals surface area (Å²) in [6.45, 7) is 3.28. The molecule has 0 spiro atoms. The highest BCUT2D eigenvalue weighted by atomic mass is 32.2. The van der Waals surface area contributed by atoms with E-state index in [-0.39, 0.29) is 0 Å². The van der Waals surface area contributed by atoms with E-state index in [4.69, 9.17) is 4.74 Å². The zero-order chi connectivity index (χ0) is 13.5. The Morgan fingerprint density at radius 2 is 2.16 bits per heavy atom. The Kier molecular flexibility index (Phi) is 6.05. The zero-order valence-corrected chi connectivity index (χ0v) is 12.8. The molecular formula is C16H25NOS. The lowest BCUT2D eigenvalue weighted by Crippen LogP contribution is -2.37. The molecule has 0 amide bonds. The summed E-state index contributed by atoms with van der Waals surface area (Å²) < 4.78 is 5.20. The van der Waals surface area contributed by atoms with Crippen molar-refractivity contribution < 1.29 is 4.74 Å². The van der Waals surface area contributed by atoms with Gasteiger partial charge in [-0.25, -0.2) is 0 Å². The van der Waals surface area contributed by atoms with Crippen molar-refractivity contribution in [2.45, 2.75) is 43.9 Å². The maximum atomic E-state index is 5.20. The summed E-state index contributed by atoms with van der Waals surface area (Å²) in [6.07, 6.45) is 5.15. The van der Waals surface area contributed by atoms with Crippen molar-refractivity contribution in [3.8, 4) is 5.75 Å². The van der Waals surface area contributed by atoms with Crippen molar-refractivity contribution in [1.82, 2.24) is 5.32 Å². The number of thioether (sulfide) groups is 1. The minimum Gasteiger partial charge on any atom is -0.497 e. The first kappa shape index (κ1) is 14.7. The largest absolute Gasteiger partial charge is 0.497 e. The third-order valence-electron chi connectivity index (χ3n) is 3.78. The third-order valence-corrected chi connectivity index (χ3v) is 5.30. The summed E-state index contributed by atoms with van der Waals surface area (Å²) in [5.74, 6) is 2.29. The molecule has 0 bridgehead atoms. The number of hydrogen-bond acceptors (Lipinski definition) is 3. The van der Waals surface area contributed by atoms with Crippen LogP contribution >= 0.6 is 11.8 Å². The fraction of sp³-hybridized carbons (Fsp3) is 0.625. The quantitative estimate of drug-likeness (QED) is 0.825. The number of nitrogens with one attached hydrogen (secondary N) is 1. The molecule has 1 aromatic rings. The second-order valence-corrected chi connectivity index (χ2v) is 6.45. The van der Waals surface area contributed by atoms with E-state index in [1.807, 2.05) is 0 Å². The van der Waals surface area contributed by atoms with E-state index in [2.05, 4.69) is 48.3 Å². The summed E-state index contributed by atoms with van der Waals surface area (Å²) in [7, 11) is 1.72. The van der Waals surface area contributed by atoms with Crippen LogP contribution in [0, 0.1) is 0 Å². The molecule has 19 heavy (non-hydrogen) atoms. The zero-order valence-electron chi connectivity index (χ0n) is 12.0. The van der Waals surface area contributed by atoms with Gasteiger partial charge < -0.3 is 10.1 Å². The van der Waals surface area contributed by atoms with Gasteiger partial charge >= 0.3 is 0 Å². The van der Waals surface area contributed by atoms with E-state index < -0.39 is 0 Å². The van der Waals surface area contributed by atoms with Crippen molar-refractivity contribution in [3.05, 3.63) is 29.8 Å². The first-order valence-corrected chi connectivity index (χ1v) is 8.36. The maximum absolute atomic E-state index is 5.20. The second kappa shape index (κ2) is 7.81. The van der Waals surface area contributed by atoms with Crippen molar-refractivity contribution in [1.29, 1.82) is 0 Å². The van der Waals surface area contributed by atoms with Crippen LogP contribution in [0.2, 0.25) is 0 Å². The maximum Gasteiger partial charge on any atom is 0.118 e. The second-order valence-electron chi connectivity index (χ2n) is 5.10. The van der Waals surface area contributed by atoms with Gasteiger partial charge in [-0.15, -0.1) is 0 Å². The van der Waals surface area contributed by atoms with Gasteiger partial charge in [0.2, 0.25) is 0 Å². The van der Waals surface area contributed by atoms with Gasteiger partial charge in [0.25, 0.3) is 0 Å². The Morgan fingerprint density at radius 1 is 1.37 bits per heavy atom. The molecule has 2 nitrogen and oxygen atoms in total. The van der Waals surface area contributed by atoms with Crippen molar-refractivity contribution in [2.24, 2.45) is 0 Å². The molecule has 1 aliphatic rings. The lowest BCUT2D eigenvalue weighted by molar-refractivity contribution is 0.414. The Bertz CT molecular complexity index is 360. The fourth-order valence-electron chi connectivity index (χ4n) is 2.72. The average Bonchev–Trinajstić information content (AvgIpc) is 2.98. The van der Waals surface area contributed by atoms with Gasteiger partial charge in [-0.2, -0.15) is 11.8 Å². The lowest BCUT2D eigenvalue weighted by atomic mass is 10.0. The molecule has 0 aromatic heterocycles. The van der Waals surface area contributed by atoms with Crippen LogP contribution in [0.4, 0.5) is 0 Å². The molecule has 2 unspecified atom stereocenters. The predicted molar refractivity (Wildman–Crippen MR) is 84.3 cm³/mol. The number of hydrogen-bond donors (Lipinski definition) is 1. The monoisotopic (exact) mass is 279 g/mol. The normalized spacial score (nSPS) is 20.4. The minimum absolute atomic E-state index is 0.666. The van der Waals surface area contributed by atoms with E-state index in [9.17, 15) is 0 Å². The standard InChI is InChI=1S/C16H25NOS/c1-3-17-15(16-5-4-12-19-16)11-8-13-6-9-14(18-2)10-7-13/h6-7,9-10,15-17H,3-5,8,11-12H2,1-2H3. The molecule has 3 heteroatoms. The molecule has 1 aliphatic heterocycles. The molecule has 106 valence electrons. The predicted octanol–water partition coefficient (Wildman–Crippen LogP) is 3.50. The average molecular weight is 279 g/mol. The van der Waals surface area contributed by atoms with E-state index in [1.165, 1.54) is 30.6 Å². The van der Waals surface area contributed by atoms with E-state index >= 15 is 0 Å². The van der Waals surface area contributed by atoms with Gasteiger partial charge in [-0.3, -0.25) is 0 Å². The summed E-state index contributed by atoms with van der Waals surface area (Å²) >= 11 is 2.15. The van der Waals surface area contributed by atoms with E-state index in [1.54, 1.807) is 7.11 Å². The number of ether oxygens (including phenoxy) is 1. The van der Waals surface area contributed by atoms with Crippen LogP contribution in [0.5, 0.6) is 5.75 Å². The highest BCUT2D eigenvalue weighted by molar-refractivity contribution is 8.00. The SMILES string of the molecule is CCNC(CCc1ccc(OC)cc1)C1CCCS1. The van der Waals surface area contributed by atoms with Crippen LogP contribution < -0.4 is 10.1 Å². The number of methoxy groups -OCH3 is 1. The lowest BCUT2D eigenvalue weighted by Gasteiger charge is -2.23. The number of rotatable bonds is 7. The summed E-state index contributed by atoms with van der Waals surface area (Å²) in [4.78, 5) is 0. The van der Waals surface area contributed by atoms with Crippen LogP contribution in [0.1, 0.15) is 31.7 Å². The first-order valence-electron chi connectivity index (χ1n) is 7.31. The van der Waals surface area contributed by atoms with Gasteiger partial charge in [-0.1, -0.05) is 19.1 Å². The fourth-order valence-corrected chi connectivity index (χ4v) is 4.15. The third kappa shape index (κ3) is 4.43. The molecule has 1 aromatic carbocycles. The van der Waals surface area contributed by atoms with E-state index in [0.29, 0.717) is 6.04 Å². The van der Waals surface area contributed by atoms with Crippen LogP contribution in [0.25, 0.3) is 0 Å². The van der Waals surface area contributed by atoms with Crippen molar-refractivity contribution in [3.63, 3.8) is 0 Å². The molecule has 2 rings (SSSR count). The molecule has 1 N–H and O–H groups in total. The first-order chi connectivity index (χ1) is 9.33. The molecule has 0 saturated carbocycles. The molecule has 0 radical (unpaired) electrons. The molecule has 1 saturated heterocycles. The summed E-state index contributed by atoms with van der Waals surface area (Å²) in [5.41, 5.74) is 1.41. The van der Waals surface area contributed by atoms with Crippen molar-refractivity contribution >= 4 is 11.8 Å². The molecular weight excluding hydrogens is 254 g/mol. The van der Waals surface area contributed by atoms with Crippen LogP contribution in [-0.2, 0) is 6.42 Å². The molecule has 0 aliphatic carbocycles. The van der Waals surface area contributed by atoms with Crippen LogP contribution in [0.15, 0.2) is 24.3 Å².